The summed E-state index contributed by atoms with van der Waals surface area (Å²) in [6.07, 6.45) is 9.00. The van der Waals surface area contributed by atoms with Crippen molar-refractivity contribution in [2.24, 2.45) is 0 Å². The zero-order valence-corrected chi connectivity index (χ0v) is 16.7. The van der Waals surface area contributed by atoms with Crippen molar-refractivity contribution in [2.45, 2.75) is 39.0 Å². The summed E-state index contributed by atoms with van der Waals surface area (Å²) in [5.41, 5.74) is 0.942. The van der Waals surface area contributed by atoms with Gasteiger partial charge < -0.3 is 5.32 Å². The molecular formula is C21H25BrN2O2. The minimum absolute atomic E-state index is 0.230. The third-order valence-electron chi connectivity index (χ3n) is 4.03. The number of carbonyl (C=O) groups is 1. The normalized spacial score (nSPS) is 11.4. The van der Waals surface area contributed by atoms with Crippen LogP contribution in [0.15, 0.2) is 57.9 Å². The molecule has 0 bridgehead atoms. The highest BCUT2D eigenvalue weighted by Gasteiger charge is 2.12. The van der Waals surface area contributed by atoms with Crippen LogP contribution < -0.4 is 10.9 Å². The summed E-state index contributed by atoms with van der Waals surface area (Å²) in [5.74, 6) is -0.242. The van der Waals surface area contributed by atoms with Gasteiger partial charge in [-0.15, -0.1) is 0 Å². The number of nitrogens with zero attached hydrogens (tertiary/aromatic N) is 1. The van der Waals surface area contributed by atoms with Crippen LogP contribution in [0.1, 0.15) is 44.6 Å². The van der Waals surface area contributed by atoms with Crippen molar-refractivity contribution in [2.75, 3.05) is 6.54 Å². The summed E-state index contributed by atoms with van der Waals surface area (Å²) < 4.78 is 2.30. The van der Waals surface area contributed by atoms with E-state index in [1.807, 2.05) is 24.3 Å². The highest BCUT2D eigenvalue weighted by molar-refractivity contribution is 9.10. The summed E-state index contributed by atoms with van der Waals surface area (Å²) in [6.45, 7) is 2.79. The third-order valence-corrected chi connectivity index (χ3v) is 4.53. The van der Waals surface area contributed by atoms with Crippen LogP contribution in [0.5, 0.6) is 0 Å². The summed E-state index contributed by atoms with van der Waals surface area (Å²) in [4.78, 5) is 24.9. The van der Waals surface area contributed by atoms with Crippen LogP contribution in [-0.4, -0.2) is 17.0 Å². The quantitative estimate of drug-likeness (QED) is 0.475. The molecule has 0 fully saturated rings. The van der Waals surface area contributed by atoms with Crippen molar-refractivity contribution in [3.05, 3.63) is 69.1 Å². The lowest BCUT2D eigenvalue weighted by atomic mass is 10.1. The highest BCUT2D eigenvalue weighted by atomic mass is 79.9. The minimum Gasteiger partial charge on any atom is -0.351 e. The van der Waals surface area contributed by atoms with E-state index in [1.165, 1.54) is 29.9 Å². The SMILES string of the molecule is CCCCCCCNC(=O)C(=Cc1cccc(Br)c1)n1ccccc1=O. The van der Waals surface area contributed by atoms with E-state index in [9.17, 15) is 9.59 Å². The summed E-state index contributed by atoms with van der Waals surface area (Å²) in [5, 5.41) is 2.94. The van der Waals surface area contributed by atoms with Gasteiger partial charge in [-0.3, -0.25) is 14.2 Å². The maximum atomic E-state index is 12.7. The molecule has 1 amide bonds. The number of hydrogen-bond acceptors (Lipinski definition) is 2. The maximum absolute atomic E-state index is 12.7. The molecule has 1 N–H and O–H groups in total. The van der Waals surface area contributed by atoms with E-state index in [0.29, 0.717) is 12.2 Å². The molecule has 0 aliphatic rings. The molecule has 1 aromatic carbocycles. The number of pyridine rings is 1. The van der Waals surface area contributed by atoms with E-state index in [-0.39, 0.29) is 11.5 Å². The standard InChI is InChI=1S/C21H25BrN2O2/c1-2-3-4-5-7-13-23-21(26)19(24-14-8-6-12-20(24)25)16-17-10-9-11-18(22)15-17/h6,8-12,14-16H,2-5,7,13H2,1H3,(H,23,26). The number of halogens is 1. The predicted molar refractivity (Wildman–Crippen MR) is 111 cm³/mol. The van der Waals surface area contributed by atoms with Gasteiger partial charge >= 0.3 is 0 Å². The zero-order valence-electron chi connectivity index (χ0n) is 15.1. The molecule has 0 radical (unpaired) electrons. The molecule has 0 aliphatic carbocycles. The number of carbonyl (C=O) groups excluding carboxylic acids is 1. The van der Waals surface area contributed by atoms with E-state index in [0.717, 1.165) is 22.9 Å². The lowest BCUT2D eigenvalue weighted by Crippen LogP contribution is -2.31. The van der Waals surface area contributed by atoms with Gasteiger partial charge in [-0.05, 0) is 36.3 Å². The largest absolute Gasteiger partial charge is 0.351 e. The van der Waals surface area contributed by atoms with Gasteiger partial charge in [0.15, 0.2) is 0 Å². The maximum Gasteiger partial charge on any atom is 0.268 e. The van der Waals surface area contributed by atoms with E-state index in [4.69, 9.17) is 0 Å². The Morgan fingerprint density at radius 3 is 2.65 bits per heavy atom. The predicted octanol–water partition coefficient (Wildman–Crippen LogP) is 4.70. The van der Waals surface area contributed by atoms with Crippen molar-refractivity contribution < 1.29 is 4.79 Å². The molecule has 4 nitrogen and oxygen atoms in total. The molecule has 26 heavy (non-hydrogen) atoms. The van der Waals surface area contributed by atoms with Crippen molar-refractivity contribution in [1.82, 2.24) is 9.88 Å². The van der Waals surface area contributed by atoms with Crippen molar-refractivity contribution in [3.8, 4) is 0 Å². The highest BCUT2D eigenvalue weighted by Crippen LogP contribution is 2.16. The van der Waals surface area contributed by atoms with Crippen LogP contribution in [0.4, 0.5) is 0 Å². The van der Waals surface area contributed by atoms with Gasteiger partial charge in [-0.25, -0.2) is 0 Å². The first kappa shape index (κ1) is 20.2. The number of hydrogen-bond donors (Lipinski definition) is 1. The molecule has 0 saturated heterocycles. The number of amides is 1. The van der Waals surface area contributed by atoms with E-state index < -0.39 is 0 Å². The van der Waals surface area contributed by atoms with Crippen LogP contribution in [-0.2, 0) is 4.79 Å². The van der Waals surface area contributed by atoms with Crippen LogP contribution in [0, 0.1) is 0 Å². The van der Waals surface area contributed by atoms with Crippen molar-refractivity contribution in [1.29, 1.82) is 0 Å². The number of unbranched alkanes of at least 4 members (excludes halogenated alkanes) is 4. The van der Waals surface area contributed by atoms with Crippen molar-refractivity contribution in [3.63, 3.8) is 0 Å². The monoisotopic (exact) mass is 416 g/mol. The van der Waals surface area contributed by atoms with Gasteiger partial charge in [-0.1, -0.05) is 66.7 Å². The first-order valence-electron chi connectivity index (χ1n) is 9.05. The Morgan fingerprint density at radius 1 is 1.12 bits per heavy atom. The Hall–Kier alpha value is -2.14. The second kappa shape index (κ2) is 10.8. The first-order chi connectivity index (χ1) is 12.6. The molecule has 0 aliphatic heterocycles. The van der Waals surface area contributed by atoms with Crippen LogP contribution >= 0.6 is 15.9 Å². The Balaban J connectivity index is 2.17. The Bertz CT molecular complexity index is 811. The number of aromatic nitrogens is 1. The first-order valence-corrected chi connectivity index (χ1v) is 9.84. The minimum atomic E-state index is -0.242. The Labute approximate surface area is 163 Å². The fraction of sp³-hybridized carbons (Fsp3) is 0.333. The molecule has 2 aromatic rings. The molecule has 0 atom stereocenters. The van der Waals surface area contributed by atoms with Crippen LogP contribution in [0.3, 0.4) is 0 Å². The number of benzene rings is 1. The van der Waals surface area contributed by atoms with Gasteiger partial charge in [0.2, 0.25) is 0 Å². The molecule has 0 spiro atoms. The molecule has 5 heteroatoms. The van der Waals surface area contributed by atoms with Gasteiger partial charge in [-0.2, -0.15) is 0 Å². The number of nitrogens with one attached hydrogen (secondary N) is 1. The van der Waals surface area contributed by atoms with Gasteiger partial charge in [0.1, 0.15) is 5.70 Å². The van der Waals surface area contributed by atoms with E-state index >= 15 is 0 Å². The van der Waals surface area contributed by atoms with Crippen molar-refractivity contribution >= 4 is 33.6 Å². The van der Waals surface area contributed by atoms with Crippen LogP contribution in [0.2, 0.25) is 0 Å². The summed E-state index contributed by atoms with van der Waals surface area (Å²) >= 11 is 3.43. The summed E-state index contributed by atoms with van der Waals surface area (Å²) in [6, 6.07) is 12.5. The van der Waals surface area contributed by atoms with Crippen LogP contribution in [0.25, 0.3) is 11.8 Å². The number of rotatable bonds is 9. The van der Waals surface area contributed by atoms with E-state index in [2.05, 4.69) is 28.2 Å². The molecular weight excluding hydrogens is 392 g/mol. The fourth-order valence-corrected chi connectivity index (χ4v) is 3.06. The average molecular weight is 417 g/mol. The lowest BCUT2D eigenvalue weighted by molar-refractivity contribution is -0.115. The topological polar surface area (TPSA) is 51.1 Å². The molecule has 0 unspecified atom stereocenters. The molecule has 1 heterocycles. The fourth-order valence-electron chi connectivity index (χ4n) is 2.65. The molecule has 2 rings (SSSR count). The smallest absolute Gasteiger partial charge is 0.268 e. The van der Waals surface area contributed by atoms with E-state index in [1.54, 1.807) is 24.4 Å². The second-order valence-corrected chi connectivity index (χ2v) is 7.08. The average Bonchev–Trinajstić information content (AvgIpc) is 2.63. The molecule has 0 saturated carbocycles. The van der Waals surface area contributed by atoms with Gasteiger partial charge in [0.05, 0.1) is 0 Å². The van der Waals surface area contributed by atoms with Gasteiger partial charge in [0.25, 0.3) is 11.5 Å². The van der Waals surface area contributed by atoms with Gasteiger partial charge in [0, 0.05) is 23.3 Å². The zero-order chi connectivity index (χ0) is 18.8. The Morgan fingerprint density at radius 2 is 1.92 bits per heavy atom. The lowest BCUT2D eigenvalue weighted by Gasteiger charge is -2.12. The summed E-state index contributed by atoms with van der Waals surface area (Å²) in [7, 11) is 0. The molecule has 138 valence electrons. The second-order valence-electron chi connectivity index (χ2n) is 6.16. The Kier molecular flexibility index (Phi) is 8.35. The molecule has 1 aromatic heterocycles. The third kappa shape index (κ3) is 6.30.